The van der Waals surface area contributed by atoms with E-state index in [2.05, 4.69) is 15.1 Å². The molecule has 0 atom stereocenters. The highest BCUT2D eigenvalue weighted by Gasteiger charge is 2.17. The number of benzene rings is 1. The molecule has 7 nitrogen and oxygen atoms in total. The molecule has 8 heteroatoms. The van der Waals surface area contributed by atoms with Gasteiger partial charge in [0.15, 0.2) is 10.8 Å². The highest BCUT2D eigenvalue weighted by atomic mass is 32.2. The third-order valence-electron chi connectivity index (χ3n) is 3.16. The number of fused-ring (bicyclic) bond motifs is 1. The molecule has 0 bridgehead atoms. The van der Waals surface area contributed by atoms with E-state index in [-0.39, 0.29) is 17.3 Å². The maximum Gasteiger partial charge on any atom is 0.316 e. The van der Waals surface area contributed by atoms with Gasteiger partial charge in [0.05, 0.1) is 17.6 Å². The van der Waals surface area contributed by atoms with Crippen molar-refractivity contribution in [2.75, 3.05) is 5.75 Å². The zero-order chi connectivity index (χ0) is 18.0. The standard InChI is InChI=1S/C17H18N4O3S/c1-17(2,3)24-13(22)10-25-16-19-14-12(15(23)20-16)9-18-21(14)11-7-5-4-6-8-11/h4-9H,10H2,1-3H3,(H,19,20,23). The number of esters is 1. The third-order valence-corrected chi connectivity index (χ3v) is 4.01. The normalized spacial score (nSPS) is 11.6. The maximum atomic E-state index is 12.2. The number of rotatable bonds is 4. The average Bonchev–Trinajstić information content (AvgIpc) is 2.97. The largest absolute Gasteiger partial charge is 0.459 e. The van der Waals surface area contributed by atoms with Crippen molar-refractivity contribution in [1.29, 1.82) is 0 Å². The lowest BCUT2D eigenvalue weighted by atomic mass is 10.2. The number of nitrogens with one attached hydrogen (secondary N) is 1. The van der Waals surface area contributed by atoms with E-state index in [9.17, 15) is 9.59 Å². The van der Waals surface area contributed by atoms with Gasteiger partial charge >= 0.3 is 5.97 Å². The predicted octanol–water partition coefficient (Wildman–Crippen LogP) is 2.54. The maximum absolute atomic E-state index is 12.2. The number of H-pyrrole nitrogens is 1. The summed E-state index contributed by atoms with van der Waals surface area (Å²) in [5.74, 6) is -0.303. The molecule has 0 radical (unpaired) electrons. The summed E-state index contributed by atoms with van der Waals surface area (Å²) in [4.78, 5) is 31.2. The molecule has 3 aromatic rings. The second-order valence-electron chi connectivity index (χ2n) is 6.38. The Bertz CT molecular complexity index is 957. The van der Waals surface area contributed by atoms with E-state index in [1.165, 1.54) is 6.20 Å². The van der Waals surface area contributed by atoms with Crippen LogP contribution < -0.4 is 5.56 Å². The third kappa shape index (κ3) is 4.08. The Morgan fingerprint density at radius 1 is 1.28 bits per heavy atom. The molecule has 1 aromatic carbocycles. The Hall–Kier alpha value is -2.61. The van der Waals surface area contributed by atoms with Gasteiger partial charge in [-0.3, -0.25) is 9.59 Å². The fraction of sp³-hybridized carbons (Fsp3) is 0.294. The molecule has 0 unspecified atom stereocenters. The van der Waals surface area contributed by atoms with Crippen molar-refractivity contribution in [2.24, 2.45) is 0 Å². The summed E-state index contributed by atoms with van der Waals surface area (Å²) in [6.07, 6.45) is 1.48. The predicted molar refractivity (Wildman–Crippen MR) is 96.1 cm³/mol. The van der Waals surface area contributed by atoms with E-state index in [1.54, 1.807) is 25.5 Å². The molecule has 25 heavy (non-hydrogen) atoms. The van der Waals surface area contributed by atoms with E-state index in [0.29, 0.717) is 16.2 Å². The first kappa shape index (κ1) is 17.2. The van der Waals surface area contributed by atoms with Crippen LogP contribution in [0, 0.1) is 0 Å². The van der Waals surface area contributed by atoms with Crippen LogP contribution in [0.4, 0.5) is 0 Å². The fourth-order valence-electron chi connectivity index (χ4n) is 2.22. The van der Waals surface area contributed by atoms with Gasteiger partial charge in [-0.25, -0.2) is 9.67 Å². The Kier molecular flexibility index (Phi) is 4.63. The van der Waals surface area contributed by atoms with Crippen LogP contribution in [0.5, 0.6) is 0 Å². The fourth-order valence-corrected chi connectivity index (χ4v) is 2.85. The number of ether oxygens (including phenoxy) is 1. The van der Waals surface area contributed by atoms with Gasteiger partial charge < -0.3 is 9.72 Å². The summed E-state index contributed by atoms with van der Waals surface area (Å²) < 4.78 is 6.86. The first-order chi connectivity index (χ1) is 11.8. The highest BCUT2D eigenvalue weighted by Crippen LogP contribution is 2.18. The number of aromatic amines is 1. The number of hydrogen-bond donors (Lipinski definition) is 1. The van der Waals surface area contributed by atoms with Crippen LogP contribution in [-0.2, 0) is 9.53 Å². The van der Waals surface area contributed by atoms with Gasteiger partial charge in [-0.1, -0.05) is 30.0 Å². The molecule has 1 N–H and O–H groups in total. The van der Waals surface area contributed by atoms with Crippen molar-refractivity contribution in [2.45, 2.75) is 31.5 Å². The number of carbonyl (C=O) groups excluding carboxylic acids is 1. The van der Waals surface area contributed by atoms with Crippen LogP contribution in [0.15, 0.2) is 46.5 Å². The van der Waals surface area contributed by atoms with Crippen LogP contribution in [0.1, 0.15) is 20.8 Å². The van der Waals surface area contributed by atoms with Gasteiger partial charge in [-0.05, 0) is 32.9 Å². The van der Waals surface area contributed by atoms with Crippen LogP contribution in [0.3, 0.4) is 0 Å². The summed E-state index contributed by atoms with van der Waals surface area (Å²) in [6.45, 7) is 5.42. The van der Waals surface area contributed by atoms with Crippen molar-refractivity contribution in [3.8, 4) is 5.69 Å². The van der Waals surface area contributed by atoms with E-state index in [1.807, 2.05) is 30.3 Å². The molecule has 2 aromatic heterocycles. The number of carbonyl (C=O) groups is 1. The van der Waals surface area contributed by atoms with Gasteiger partial charge in [0.25, 0.3) is 5.56 Å². The first-order valence-corrected chi connectivity index (χ1v) is 8.70. The number of nitrogens with zero attached hydrogens (tertiary/aromatic N) is 3. The molecule has 0 amide bonds. The van der Waals surface area contributed by atoms with E-state index in [4.69, 9.17) is 4.74 Å². The van der Waals surface area contributed by atoms with Gasteiger partial charge in [0.2, 0.25) is 0 Å². The Morgan fingerprint density at radius 3 is 2.68 bits per heavy atom. The minimum Gasteiger partial charge on any atom is -0.459 e. The summed E-state index contributed by atoms with van der Waals surface area (Å²) >= 11 is 1.12. The summed E-state index contributed by atoms with van der Waals surface area (Å²) in [5, 5.41) is 4.99. The molecule has 0 saturated carbocycles. The Morgan fingerprint density at radius 2 is 2.00 bits per heavy atom. The van der Waals surface area contributed by atoms with Gasteiger partial charge in [0, 0.05) is 0 Å². The lowest BCUT2D eigenvalue weighted by Gasteiger charge is -2.19. The number of para-hydroxylation sites is 1. The van der Waals surface area contributed by atoms with E-state index in [0.717, 1.165) is 17.4 Å². The molecule has 0 spiro atoms. The molecule has 0 aliphatic rings. The number of aromatic nitrogens is 4. The summed E-state index contributed by atoms with van der Waals surface area (Å²) in [5.41, 5.74) is 0.410. The van der Waals surface area contributed by atoms with Crippen LogP contribution in [0.2, 0.25) is 0 Å². The second kappa shape index (κ2) is 6.72. The average molecular weight is 358 g/mol. The second-order valence-corrected chi connectivity index (χ2v) is 7.34. The zero-order valence-electron chi connectivity index (χ0n) is 14.1. The molecule has 3 rings (SSSR count). The van der Waals surface area contributed by atoms with E-state index >= 15 is 0 Å². The topological polar surface area (TPSA) is 89.9 Å². The minimum atomic E-state index is -0.547. The van der Waals surface area contributed by atoms with E-state index < -0.39 is 5.60 Å². The molecule has 130 valence electrons. The van der Waals surface area contributed by atoms with Crippen LogP contribution >= 0.6 is 11.8 Å². The zero-order valence-corrected chi connectivity index (χ0v) is 15.0. The quantitative estimate of drug-likeness (QED) is 0.438. The first-order valence-electron chi connectivity index (χ1n) is 7.71. The number of thioether (sulfide) groups is 1. The van der Waals surface area contributed by atoms with Gasteiger partial charge in [-0.15, -0.1) is 0 Å². The Balaban J connectivity index is 1.88. The molecular formula is C17H18N4O3S. The molecule has 0 aliphatic heterocycles. The molecule has 0 aliphatic carbocycles. The number of hydrogen-bond acceptors (Lipinski definition) is 6. The van der Waals surface area contributed by atoms with Crippen molar-refractivity contribution in [3.05, 3.63) is 46.9 Å². The van der Waals surface area contributed by atoms with Crippen molar-refractivity contribution >= 4 is 28.8 Å². The smallest absolute Gasteiger partial charge is 0.316 e. The molecule has 2 heterocycles. The molecule has 0 fully saturated rings. The van der Waals surface area contributed by atoms with Crippen molar-refractivity contribution in [1.82, 2.24) is 19.7 Å². The van der Waals surface area contributed by atoms with Gasteiger partial charge in [0.1, 0.15) is 11.0 Å². The molecular weight excluding hydrogens is 340 g/mol. The van der Waals surface area contributed by atoms with Crippen molar-refractivity contribution < 1.29 is 9.53 Å². The van der Waals surface area contributed by atoms with Gasteiger partial charge in [-0.2, -0.15) is 5.10 Å². The van der Waals surface area contributed by atoms with Crippen LogP contribution in [-0.4, -0.2) is 37.1 Å². The molecule has 0 saturated heterocycles. The minimum absolute atomic E-state index is 0.0607. The highest BCUT2D eigenvalue weighted by molar-refractivity contribution is 7.99. The van der Waals surface area contributed by atoms with Crippen LogP contribution in [0.25, 0.3) is 16.7 Å². The Labute approximate surface area is 148 Å². The SMILES string of the molecule is CC(C)(C)OC(=O)CSc1nc2c(cnn2-c2ccccc2)c(=O)[nH]1. The lowest BCUT2D eigenvalue weighted by Crippen LogP contribution is -2.25. The lowest BCUT2D eigenvalue weighted by molar-refractivity contribution is -0.151. The van der Waals surface area contributed by atoms with Crippen molar-refractivity contribution in [3.63, 3.8) is 0 Å². The summed E-state index contributed by atoms with van der Waals surface area (Å²) in [6, 6.07) is 9.42. The monoisotopic (exact) mass is 358 g/mol. The summed E-state index contributed by atoms with van der Waals surface area (Å²) in [7, 11) is 0.